The summed E-state index contributed by atoms with van der Waals surface area (Å²) in [6.07, 6.45) is 5.69. The summed E-state index contributed by atoms with van der Waals surface area (Å²) in [7, 11) is 0. The Morgan fingerprint density at radius 1 is 1.25 bits per heavy atom. The van der Waals surface area contributed by atoms with Crippen molar-refractivity contribution >= 4 is 23.2 Å². The summed E-state index contributed by atoms with van der Waals surface area (Å²) in [5.41, 5.74) is 0.360. The molecule has 0 radical (unpaired) electrons. The van der Waals surface area contributed by atoms with E-state index in [-0.39, 0.29) is 10.9 Å². The molecule has 0 aliphatic carbocycles. The van der Waals surface area contributed by atoms with E-state index in [9.17, 15) is 9.59 Å². The highest BCUT2D eigenvalue weighted by Gasteiger charge is 2.21. The lowest BCUT2D eigenvalue weighted by Gasteiger charge is -2.23. The average Bonchev–Trinajstić information content (AvgIpc) is 2.87. The molecule has 5 nitrogen and oxygen atoms in total. The van der Waals surface area contributed by atoms with Crippen LogP contribution in [0.5, 0.6) is 0 Å². The Kier molecular flexibility index (Phi) is 5.52. The standard InChI is InChI=1S/C14H20N2O3S/c1-2-19-14(18)12-15-11(10-20-12)13(17)16-8-6-4-3-5-7-9-16/h10H,2-9H2,1H3. The van der Waals surface area contributed by atoms with Gasteiger partial charge in [0.2, 0.25) is 5.01 Å². The number of rotatable bonds is 3. The predicted octanol–water partition coefficient (Wildman–Crippen LogP) is 2.73. The van der Waals surface area contributed by atoms with Gasteiger partial charge in [-0.05, 0) is 19.8 Å². The van der Waals surface area contributed by atoms with Gasteiger partial charge in [-0.25, -0.2) is 9.78 Å². The first-order valence-corrected chi connectivity index (χ1v) is 8.02. The molecule has 1 aromatic rings. The summed E-state index contributed by atoms with van der Waals surface area (Å²) in [6, 6.07) is 0. The van der Waals surface area contributed by atoms with Crippen LogP contribution in [0.1, 0.15) is 59.3 Å². The van der Waals surface area contributed by atoms with Crippen molar-refractivity contribution in [2.45, 2.75) is 39.0 Å². The molecule has 1 aromatic heterocycles. The monoisotopic (exact) mass is 296 g/mol. The molecule has 20 heavy (non-hydrogen) atoms. The van der Waals surface area contributed by atoms with E-state index >= 15 is 0 Å². The van der Waals surface area contributed by atoms with E-state index in [4.69, 9.17) is 4.74 Å². The second-order valence-corrected chi connectivity index (χ2v) is 5.68. The van der Waals surface area contributed by atoms with Gasteiger partial charge in [-0.2, -0.15) is 0 Å². The van der Waals surface area contributed by atoms with Gasteiger partial charge in [0.05, 0.1) is 6.61 Å². The Labute approximate surface area is 122 Å². The Morgan fingerprint density at radius 2 is 1.90 bits per heavy atom. The molecule has 1 aliphatic heterocycles. The normalized spacial score (nSPS) is 16.4. The fourth-order valence-electron chi connectivity index (χ4n) is 2.27. The molecule has 6 heteroatoms. The van der Waals surface area contributed by atoms with Crippen molar-refractivity contribution in [3.8, 4) is 0 Å². The van der Waals surface area contributed by atoms with Gasteiger partial charge in [0.1, 0.15) is 5.69 Å². The molecule has 1 saturated heterocycles. The molecule has 0 unspecified atom stereocenters. The van der Waals surface area contributed by atoms with E-state index < -0.39 is 5.97 Å². The van der Waals surface area contributed by atoms with Gasteiger partial charge < -0.3 is 9.64 Å². The molecule has 1 fully saturated rings. The predicted molar refractivity (Wildman–Crippen MR) is 77.1 cm³/mol. The van der Waals surface area contributed by atoms with Crippen LogP contribution in [0.4, 0.5) is 0 Å². The average molecular weight is 296 g/mol. The van der Waals surface area contributed by atoms with Crippen LogP contribution in [0.25, 0.3) is 0 Å². The van der Waals surface area contributed by atoms with Crippen molar-refractivity contribution in [2.75, 3.05) is 19.7 Å². The Morgan fingerprint density at radius 3 is 2.55 bits per heavy atom. The number of nitrogens with zero attached hydrogens (tertiary/aromatic N) is 2. The second-order valence-electron chi connectivity index (χ2n) is 4.82. The minimum Gasteiger partial charge on any atom is -0.461 e. The third-order valence-electron chi connectivity index (χ3n) is 3.32. The minimum atomic E-state index is -0.454. The quantitative estimate of drug-likeness (QED) is 0.805. The van der Waals surface area contributed by atoms with E-state index in [1.54, 1.807) is 12.3 Å². The van der Waals surface area contributed by atoms with Crippen LogP contribution < -0.4 is 0 Å². The Balaban J connectivity index is 2.02. The Bertz CT molecular complexity index is 465. The first-order valence-electron chi connectivity index (χ1n) is 7.14. The van der Waals surface area contributed by atoms with E-state index in [1.807, 2.05) is 4.90 Å². The number of hydrogen-bond donors (Lipinski definition) is 0. The van der Waals surface area contributed by atoms with Crippen molar-refractivity contribution < 1.29 is 14.3 Å². The van der Waals surface area contributed by atoms with Crippen LogP contribution >= 0.6 is 11.3 Å². The molecule has 110 valence electrons. The number of thiazole rings is 1. The third kappa shape index (κ3) is 3.79. The first kappa shape index (κ1) is 15.0. The van der Waals surface area contributed by atoms with Crippen LogP contribution in [0.15, 0.2) is 5.38 Å². The largest absolute Gasteiger partial charge is 0.461 e. The molecule has 0 bridgehead atoms. The number of hydrogen-bond acceptors (Lipinski definition) is 5. The molecule has 0 N–H and O–H groups in total. The highest BCUT2D eigenvalue weighted by Crippen LogP contribution is 2.16. The third-order valence-corrected chi connectivity index (χ3v) is 4.14. The van der Waals surface area contributed by atoms with Gasteiger partial charge in [0.15, 0.2) is 0 Å². The van der Waals surface area contributed by atoms with E-state index in [2.05, 4.69) is 4.98 Å². The lowest BCUT2D eigenvalue weighted by Crippen LogP contribution is -2.34. The maximum Gasteiger partial charge on any atom is 0.367 e. The zero-order valence-corrected chi connectivity index (χ0v) is 12.6. The number of carbonyl (C=O) groups is 2. The number of likely N-dealkylation sites (tertiary alicyclic amines) is 1. The zero-order chi connectivity index (χ0) is 14.4. The maximum atomic E-state index is 12.4. The van der Waals surface area contributed by atoms with Crippen LogP contribution in [-0.2, 0) is 4.74 Å². The molecular formula is C14H20N2O3S. The lowest BCUT2D eigenvalue weighted by molar-refractivity contribution is 0.0526. The van der Waals surface area contributed by atoms with Crippen molar-refractivity contribution in [1.82, 2.24) is 9.88 Å². The SMILES string of the molecule is CCOC(=O)c1nc(C(=O)N2CCCCCCC2)cs1. The molecule has 1 aliphatic rings. The van der Waals surface area contributed by atoms with Crippen LogP contribution in [0, 0.1) is 0 Å². The van der Waals surface area contributed by atoms with Crippen molar-refractivity contribution in [3.05, 3.63) is 16.1 Å². The van der Waals surface area contributed by atoms with E-state index in [0.29, 0.717) is 12.3 Å². The van der Waals surface area contributed by atoms with E-state index in [0.717, 1.165) is 25.9 Å². The number of amides is 1. The number of aromatic nitrogens is 1. The van der Waals surface area contributed by atoms with Gasteiger partial charge in [0, 0.05) is 18.5 Å². The van der Waals surface area contributed by atoms with Crippen LogP contribution in [0.2, 0.25) is 0 Å². The molecule has 1 amide bonds. The van der Waals surface area contributed by atoms with Gasteiger partial charge in [-0.1, -0.05) is 19.3 Å². The van der Waals surface area contributed by atoms with Crippen molar-refractivity contribution in [1.29, 1.82) is 0 Å². The summed E-state index contributed by atoms with van der Waals surface area (Å²) in [5.74, 6) is -0.525. The number of ether oxygens (including phenoxy) is 1. The maximum absolute atomic E-state index is 12.4. The van der Waals surface area contributed by atoms with Gasteiger partial charge >= 0.3 is 5.97 Å². The van der Waals surface area contributed by atoms with Crippen molar-refractivity contribution in [2.24, 2.45) is 0 Å². The molecule has 2 rings (SSSR count). The van der Waals surface area contributed by atoms with Gasteiger partial charge in [-0.15, -0.1) is 11.3 Å². The lowest BCUT2D eigenvalue weighted by atomic mass is 10.1. The highest BCUT2D eigenvalue weighted by atomic mass is 32.1. The smallest absolute Gasteiger partial charge is 0.367 e. The Hall–Kier alpha value is -1.43. The number of carbonyl (C=O) groups excluding carboxylic acids is 2. The summed E-state index contributed by atoms with van der Waals surface area (Å²) in [6.45, 7) is 3.63. The minimum absolute atomic E-state index is 0.0706. The molecule has 0 atom stereocenters. The summed E-state index contributed by atoms with van der Waals surface area (Å²) in [4.78, 5) is 29.9. The topological polar surface area (TPSA) is 59.5 Å². The summed E-state index contributed by atoms with van der Waals surface area (Å²) < 4.78 is 4.89. The molecule has 0 aromatic carbocycles. The van der Waals surface area contributed by atoms with Crippen LogP contribution in [0.3, 0.4) is 0 Å². The molecule has 2 heterocycles. The fourth-order valence-corrected chi connectivity index (χ4v) is 2.95. The summed E-state index contributed by atoms with van der Waals surface area (Å²) in [5, 5.41) is 1.90. The van der Waals surface area contributed by atoms with Gasteiger partial charge in [0.25, 0.3) is 5.91 Å². The van der Waals surface area contributed by atoms with Crippen LogP contribution in [-0.4, -0.2) is 41.5 Å². The highest BCUT2D eigenvalue weighted by molar-refractivity contribution is 7.11. The summed E-state index contributed by atoms with van der Waals surface area (Å²) >= 11 is 1.17. The van der Waals surface area contributed by atoms with Crippen molar-refractivity contribution in [3.63, 3.8) is 0 Å². The molecule has 0 saturated carbocycles. The fraction of sp³-hybridized carbons (Fsp3) is 0.643. The first-order chi connectivity index (χ1) is 9.72. The van der Waals surface area contributed by atoms with Gasteiger partial charge in [-0.3, -0.25) is 4.79 Å². The molecular weight excluding hydrogens is 276 g/mol. The number of esters is 1. The molecule has 0 spiro atoms. The second kappa shape index (κ2) is 7.38. The zero-order valence-electron chi connectivity index (χ0n) is 11.8. The van der Waals surface area contributed by atoms with E-state index in [1.165, 1.54) is 30.6 Å².